The summed E-state index contributed by atoms with van der Waals surface area (Å²) in [5, 5.41) is 3.80. The predicted molar refractivity (Wildman–Crippen MR) is 208 cm³/mol. The Kier molecular flexibility index (Phi) is 21.2. The number of nitrogens with zero attached hydrogens (tertiary/aromatic N) is 1. The van der Waals surface area contributed by atoms with Gasteiger partial charge in [-0.15, -0.1) is 12.3 Å². The number of halogens is 2. The van der Waals surface area contributed by atoms with Crippen molar-refractivity contribution in [2.24, 2.45) is 0 Å². The molecule has 0 aromatic heterocycles. The Morgan fingerprint density at radius 1 is 1.02 bits per heavy atom. The minimum Gasteiger partial charge on any atom is -0.358 e. The summed E-state index contributed by atoms with van der Waals surface area (Å²) in [6, 6.07) is 14.8. The van der Waals surface area contributed by atoms with Gasteiger partial charge >= 0.3 is 0 Å². The van der Waals surface area contributed by atoms with Gasteiger partial charge in [0.25, 0.3) is 0 Å². The topological polar surface area (TPSA) is 15.3 Å². The first-order valence-electron chi connectivity index (χ1n) is 17.5. The van der Waals surface area contributed by atoms with Gasteiger partial charge in [0.05, 0.1) is 5.02 Å². The third-order valence-electron chi connectivity index (χ3n) is 8.74. The van der Waals surface area contributed by atoms with Gasteiger partial charge in [0.15, 0.2) is 0 Å². The molecule has 0 bridgehead atoms. The third kappa shape index (κ3) is 14.1. The van der Waals surface area contributed by atoms with Crippen LogP contribution in [0.1, 0.15) is 111 Å². The van der Waals surface area contributed by atoms with Crippen molar-refractivity contribution in [3.05, 3.63) is 120 Å². The molecule has 0 aliphatic heterocycles. The van der Waals surface area contributed by atoms with E-state index in [1.165, 1.54) is 61.8 Å². The average Bonchev–Trinajstić information content (AvgIpc) is 3.07. The highest BCUT2D eigenvalue weighted by molar-refractivity contribution is 6.30. The minimum atomic E-state index is -0.367. The number of unbranched alkanes of at least 4 members (excludes halogenated alkanes) is 6. The fraction of sp³-hybridized carbons (Fsp3) is 0.442. The van der Waals surface area contributed by atoms with E-state index in [-0.39, 0.29) is 22.4 Å². The first-order chi connectivity index (χ1) is 22.7. The van der Waals surface area contributed by atoms with Crippen molar-refractivity contribution in [3.63, 3.8) is 0 Å². The Bertz CT molecular complexity index is 1290. The van der Waals surface area contributed by atoms with E-state index in [1.807, 2.05) is 19.9 Å². The monoisotopic (exact) mass is 658 g/mol. The normalized spacial score (nSPS) is 14.1. The molecule has 1 N–H and O–H groups in total. The highest BCUT2D eigenvalue weighted by Crippen LogP contribution is 2.46. The average molecular weight is 659 g/mol. The van der Waals surface area contributed by atoms with Crippen molar-refractivity contribution in [2.75, 3.05) is 11.9 Å². The maximum atomic E-state index is 12.2. The fourth-order valence-electron chi connectivity index (χ4n) is 5.74. The maximum Gasteiger partial charge on any atom is 0.141 e. The Morgan fingerprint density at radius 2 is 1.64 bits per heavy atom. The summed E-state index contributed by atoms with van der Waals surface area (Å²) in [6.45, 7) is 24.6. The lowest BCUT2D eigenvalue weighted by atomic mass is 9.69. The van der Waals surface area contributed by atoms with Gasteiger partial charge in [-0.05, 0) is 94.3 Å². The number of terminal acetylenes is 1. The summed E-state index contributed by atoms with van der Waals surface area (Å²) in [5.41, 5.74) is 5.78. The first-order valence-corrected chi connectivity index (χ1v) is 17.9. The second-order valence-corrected chi connectivity index (χ2v) is 12.3. The minimum absolute atomic E-state index is 0.00924. The van der Waals surface area contributed by atoms with Gasteiger partial charge in [0.2, 0.25) is 0 Å². The molecule has 1 atom stereocenters. The molecule has 0 heterocycles. The van der Waals surface area contributed by atoms with Crippen LogP contribution in [0.2, 0.25) is 5.02 Å². The summed E-state index contributed by atoms with van der Waals surface area (Å²) < 4.78 is 12.2. The molecule has 47 heavy (non-hydrogen) atoms. The standard InChI is InChI=1S/C35H50N2.C6H4ClF.C2H6/c1-8-12-13-14-15-16-17-18-28-37(35(26-19-27-35)30(6)21-20-29(5)9-2)34(11-4)31(7)36-33-24-22-32(10-3)23-25-33;7-5-3-1-2-4-6(5)8;1-2/h1,9-10,20-25,34,36H,3,6-7,11-19,26-28H2,2,4-5H3;1-4H;1-2H3/b21-20-,29-9-;;. The quantitative estimate of drug-likeness (QED) is 0.0974. The zero-order valence-corrected chi connectivity index (χ0v) is 30.6. The van der Waals surface area contributed by atoms with E-state index in [4.69, 9.17) is 18.0 Å². The number of anilines is 1. The zero-order valence-electron chi connectivity index (χ0n) is 29.9. The molecule has 2 aromatic rings. The summed E-state index contributed by atoms with van der Waals surface area (Å²) in [5.74, 6) is 2.39. The molecule has 1 saturated carbocycles. The number of hydrogen-bond acceptors (Lipinski definition) is 2. The second kappa shape index (κ2) is 23.9. The molecule has 0 saturated heterocycles. The fourth-order valence-corrected chi connectivity index (χ4v) is 5.87. The van der Waals surface area contributed by atoms with Crippen molar-refractivity contribution < 1.29 is 4.39 Å². The van der Waals surface area contributed by atoms with Crippen LogP contribution < -0.4 is 5.32 Å². The predicted octanol–water partition coefficient (Wildman–Crippen LogP) is 13.2. The molecular weight excluding hydrogens is 599 g/mol. The van der Waals surface area contributed by atoms with Crippen LogP contribution in [0.25, 0.3) is 6.08 Å². The molecule has 1 aliphatic carbocycles. The van der Waals surface area contributed by atoms with Crippen molar-refractivity contribution in [1.82, 2.24) is 4.90 Å². The number of nitrogens with one attached hydrogen (secondary N) is 1. The maximum absolute atomic E-state index is 12.2. The summed E-state index contributed by atoms with van der Waals surface area (Å²) in [7, 11) is 0. The van der Waals surface area contributed by atoms with Crippen molar-refractivity contribution in [1.29, 1.82) is 0 Å². The van der Waals surface area contributed by atoms with E-state index in [9.17, 15) is 4.39 Å². The molecule has 2 nitrogen and oxygen atoms in total. The van der Waals surface area contributed by atoms with E-state index >= 15 is 0 Å². The second-order valence-electron chi connectivity index (χ2n) is 11.9. The lowest BCUT2D eigenvalue weighted by molar-refractivity contribution is 0.0222. The van der Waals surface area contributed by atoms with Crippen molar-refractivity contribution in [3.8, 4) is 12.3 Å². The van der Waals surface area contributed by atoms with E-state index in [0.29, 0.717) is 0 Å². The van der Waals surface area contributed by atoms with E-state index < -0.39 is 0 Å². The molecule has 0 radical (unpaired) electrons. The van der Waals surface area contributed by atoms with Crippen LogP contribution in [0.15, 0.2) is 103 Å². The van der Waals surface area contributed by atoms with Crippen LogP contribution in [0.4, 0.5) is 10.1 Å². The molecule has 0 amide bonds. The van der Waals surface area contributed by atoms with Gasteiger partial charge in [0.1, 0.15) is 5.82 Å². The van der Waals surface area contributed by atoms with Crippen LogP contribution in [-0.2, 0) is 0 Å². The molecule has 4 heteroatoms. The summed E-state index contributed by atoms with van der Waals surface area (Å²) >= 11 is 5.33. The van der Waals surface area contributed by atoms with Crippen LogP contribution in [0.5, 0.6) is 0 Å². The lowest BCUT2D eigenvalue weighted by Gasteiger charge is -2.54. The summed E-state index contributed by atoms with van der Waals surface area (Å²) in [4.78, 5) is 2.74. The molecular formula is C43H60ClFN2. The van der Waals surface area contributed by atoms with Crippen molar-refractivity contribution in [2.45, 2.75) is 117 Å². The molecule has 256 valence electrons. The number of hydrogen-bond donors (Lipinski definition) is 1. The third-order valence-corrected chi connectivity index (χ3v) is 9.05. The van der Waals surface area contributed by atoms with Gasteiger partial charge in [-0.3, -0.25) is 4.90 Å². The highest BCUT2D eigenvalue weighted by atomic mass is 35.5. The molecule has 3 rings (SSSR count). The van der Waals surface area contributed by atoms with Gasteiger partial charge < -0.3 is 5.32 Å². The molecule has 0 spiro atoms. The van der Waals surface area contributed by atoms with Crippen LogP contribution in [-0.4, -0.2) is 23.0 Å². The van der Waals surface area contributed by atoms with Gasteiger partial charge in [-0.25, -0.2) is 4.39 Å². The molecule has 2 aromatic carbocycles. The SMILES string of the molecule is C#CCCCCCCCCN(C(CC)C(=C)Nc1ccc(C=C)cc1)C1(C(=C)/C=C\C(C)=C/C)CCC1.CC.Fc1ccccc1Cl. The zero-order chi connectivity index (χ0) is 35.1. The van der Waals surface area contributed by atoms with Crippen LogP contribution >= 0.6 is 11.6 Å². The van der Waals surface area contributed by atoms with E-state index in [0.717, 1.165) is 55.6 Å². The molecule has 1 aliphatic rings. The van der Waals surface area contributed by atoms with E-state index in [1.54, 1.807) is 12.1 Å². The Morgan fingerprint density at radius 3 is 2.13 bits per heavy atom. The van der Waals surface area contributed by atoms with Gasteiger partial charge in [-0.1, -0.05) is 132 Å². The Balaban J connectivity index is 0.000000946. The smallest absolute Gasteiger partial charge is 0.141 e. The van der Waals surface area contributed by atoms with Gasteiger partial charge in [0, 0.05) is 29.4 Å². The number of rotatable bonds is 18. The Hall–Kier alpha value is -3.32. The lowest BCUT2D eigenvalue weighted by Crippen LogP contribution is -2.59. The number of benzene rings is 2. The van der Waals surface area contributed by atoms with Crippen molar-refractivity contribution >= 4 is 23.4 Å². The first kappa shape index (κ1) is 41.7. The van der Waals surface area contributed by atoms with E-state index in [2.05, 4.69) is 99.1 Å². The molecule has 1 unspecified atom stereocenters. The Labute approximate surface area is 292 Å². The molecule has 1 fully saturated rings. The van der Waals surface area contributed by atoms with Crippen LogP contribution in [0.3, 0.4) is 0 Å². The summed E-state index contributed by atoms with van der Waals surface area (Å²) in [6.07, 6.45) is 26.8. The van der Waals surface area contributed by atoms with Gasteiger partial charge in [-0.2, -0.15) is 0 Å². The largest absolute Gasteiger partial charge is 0.358 e. The number of allylic oxidation sites excluding steroid dienone is 3. The van der Waals surface area contributed by atoms with Crippen LogP contribution in [0, 0.1) is 18.2 Å². The highest BCUT2D eigenvalue weighted by Gasteiger charge is 2.46.